The molecule has 0 saturated carbocycles. The predicted octanol–water partition coefficient (Wildman–Crippen LogP) is 0.473. The summed E-state index contributed by atoms with van der Waals surface area (Å²) in [5, 5.41) is 15.3. The van der Waals surface area contributed by atoms with E-state index >= 15 is 0 Å². The topological polar surface area (TPSA) is 124 Å². The van der Waals surface area contributed by atoms with Crippen molar-refractivity contribution in [3.63, 3.8) is 0 Å². The summed E-state index contributed by atoms with van der Waals surface area (Å²) in [6, 6.07) is 8.65. The average molecular weight is 405 g/mol. The fourth-order valence-electron chi connectivity index (χ4n) is 3.32. The first-order valence-corrected chi connectivity index (χ1v) is 9.16. The Bertz CT molecular complexity index is 1240. The fourth-order valence-corrected chi connectivity index (χ4v) is 3.32. The first kappa shape index (κ1) is 19.4. The van der Waals surface area contributed by atoms with Crippen LogP contribution in [0.1, 0.15) is 22.5 Å². The van der Waals surface area contributed by atoms with Gasteiger partial charge in [-0.3, -0.25) is 9.59 Å². The Hall–Kier alpha value is -3.90. The first-order chi connectivity index (χ1) is 14.3. The van der Waals surface area contributed by atoms with Gasteiger partial charge in [0.2, 0.25) is 5.60 Å². The number of carbonyl (C=O) groups is 2. The number of benzene rings is 1. The number of nitrogens with two attached hydrogens (primary N) is 1. The molecular formula is C21H19N5O4. The molecule has 2 aromatic heterocycles. The summed E-state index contributed by atoms with van der Waals surface area (Å²) in [4.78, 5) is 29.8. The highest BCUT2D eigenvalue weighted by Crippen LogP contribution is 2.25. The number of likely N-dealkylation sites (tertiary alicyclic amines) is 1. The van der Waals surface area contributed by atoms with Crippen molar-refractivity contribution in [3.05, 3.63) is 47.8 Å². The van der Waals surface area contributed by atoms with E-state index < -0.39 is 17.4 Å². The van der Waals surface area contributed by atoms with Gasteiger partial charge in [-0.15, -0.1) is 0 Å². The van der Waals surface area contributed by atoms with Crippen LogP contribution in [0.15, 0.2) is 36.5 Å². The van der Waals surface area contributed by atoms with Gasteiger partial charge in [0.1, 0.15) is 5.75 Å². The number of hydrogen-bond donors (Lipinski definition) is 2. The van der Waals surface area contributed by atoms with Gasteiger partial charge in [-0.2, -0.15) is 5.10 Å². The molecule has 2 amide bonds. The molecule has 0 radical (unpaired) electrons. The number of nitrogens with zero attached hydrogens (tertiary/aromatic N) is 4. The van der Waals surface area contributed by atoms with Crippen LogP contribution in [0, 0.1) is 11.8 Å². The van der Waals surface area contributed by atoms with Crippen LogP contribution < -0.4 is 10.5 Å². The summed E-state index contributed by atoms with van der Waals surface area (Å²) in [6.07, 6.45) is 1.78. The number of hydrogen-bond acceptors (Lipinski definition) is 6. The van der Waals surface area contributed by atoms with Crippen molar-refractivity contribution < 1.29 is 19.4 Å². The molecule has 0 unspecified atom stereocenters. The normalized spacial score (nSPS) is 18.4. The zero-order chi connectivity index (χ0) is 21.5. The predicted molar refractivity (Wildman–Crippen MR) is 108 cm³/mol. The SMILES string of the molecule is COc1cnc2c(c1)c(C(N)=O)nn2-c1cccc(C#C[C@]2(O)CCN(C)C2=O)c1. The number of methoxy groups -OCH3 is 1. The molecule has 3 N–H and O–H groups in total. The van der Waals surface area contributed by atoms with Crippen molar-refractivity contribution >= 4 is 22.8 Å². The van der Waals surface area contributed by atoms with E-state index in [0.717, 1.165) is 0 Å². The molecule has 1 saturated heterocycles. The monoisotopic (exact) mass is 405 g/mol. The average Bonchev–Trinajstić information content (AvgIpc) is 3.26. The van der Waals surface area contributed by atoms with E-state index in [9.17, 15) is 14.7 Å². The zero-order valence-corrected chi connectivity index (χ0v) is 16.4. The van der Waals surface area contributed by atoms with Crippen molar-refractivity contribution in [3.8, 4) is 23.3 Å². The zero-order valence-electron chi connectivity index (χ0n) is 16.4. The Kier molecular flexibility index (Phi) is 4.64. The number of aliphatic hydroxyl groups is 1. The Balaban J connectivity index is 1.77. The number of likely N-dealkylation sites (N-methyl/N-ethyl adjacent to an activating group) is 1. The number of amides is 2. The number of pyridine rings is 1. The van der Waals surface area contributed by atoms with Gasteiger partial charge in [-0.05, 0) is 24.3 Å². The molecular weight excluding hydrogens is 386 g/mol. The number of fused-ring (bicyclic) bond motifs is 1. The van der Waals surface area contributed by atoms with Crippen molar-refractivity contribution in [1.29, 1.82) is 0 Å². The third kappa shape index (κ3) is 3.23. The molecule has 152 valence electrons. The van der Waals surface area contributed by atoms with Gasteiger partial charge in [0.05, 0.1) is 24.4 Å². The molecule has 9 nitrogen and oxygen atoms in total. The van der Waals surface area contributed by atoms with Crippen molar-refractivity contribution in [2.24, 2.45) is 5.73 Å². The van der Waals surface area contributed by atoms with E-state index in [4.69, 9.17) is 10.5 Å². The maximum absolute atomic E-state index is 12.1. The highest BCUT2D eigenvalue weighted by Gasteiger charge is 2.42. The van der Waals surface area contributed by atoms with Gasteiger partial charge in [0, 0.05) is 25.6 Å². The molecule has 3 aromatic rings. The van der Waals surface area contributed by atoms with Crippen LogP contribution in [0.2, 0.25) is 0 Å². The first-order valence-electron chi connectivity index (χ1n) is 9.16. The standard InChI is InChI=1S/C21H19N5O4/c1-25-9-8-21(29,20(25)28)7-6-13-4-3-5-14(10-13)26-19-16(17(24-26)18(22)27)11-15(30-2)12-23-19/h3-5,10-12,29H,8-9H2,1-2H3,(H2,22,27)/t21-/m0/s1. The van der Waals surface area contributed by atoms with Crippen LogP contribution in [-0.4, -0.2) is 62.9 Å². The number of carbonyl (C=O) groups excluding carboxylic acids is 2. The minimum absolute atomic E-state index is 0.0711. The molecule has 1 aliphatic heterocycles. The molecule has 1 aliphatic rings. The smallest absolute Gasteiger partial charge is 0.269 e. The van der Waals surface area contributed by atoms with Crippen LogP contribution in [0.25, 0.3) is 16.7 Å². The summed E-state index contributed by atoms with van der Waals surface area (Å²) in [5.74, 6) is 4.93. The second-order valence-corrected chi connectivity index (χ2v) is 7.01. The van der Waals surface area contributed by atoms with E-state index in [1.54, 1.807) is 37.4 Å². The van der Waals surface area contributed by atoms with Gasteiger partial charge in [-0.1, -0.05) is 17.9 Å². The van der Waals surface area contributed by atoms with E-state index in [0.29, 0.717) is 34.6 Å². The lowest BCUT2D eigenvalue weighted by atomic mass is 10.0. The van der Waals surface area contributed by atoms with Crippen LogP contribution in [0.5, 0.6) is 5.75 Å². The molecule has 1 atom stereocenters. The molecule has 4 rings (SSSR count). The quantitative estimate of drug-likeness (QED) is 0.611. The van der Waals surface area contributed by atoms with Crippen LogP contribution in [0.4, 0.5) is 0 Å². The Morgan fingerprint density at radius 1 is 1.37 bits per heavy atom. The lowest BCUT2D eigenvalue weighted by Crippen LogP contribution is -2.37. The largest absolute Gasteiger partial charge is 0.495 e. The lowest BCUT2D eigenvalue weighted by molar-refractivity contribution is -0.137. The third-order valence-electron chi connectivity index (χ3n) is 4.98. The fraction of sp³-hybridized carbons (Fsp3) is 0.238. The van der Waals surface area contributed by atoms with Gasteiger partial charge in [-0.25, -0.2) is 9.67 Å². The molecule has 0 aliphatic carbocycles. The van der Waals surface area contributed by atoms with Gasteiger partial charge >= 0.3 is 0 Å². The highest BCUT2D eigenvalue weighted by atomic mass is 16.5. The van der Waals surface area contributed by atoms with Gasteiger partial charge in [0.15, 0.2) is 11.3 Å². The Morgan fingerprint density at radius 2 is 2.17 bits per heavy atom. The van der Waals surface area contributed by atoms with Crippen molar-refractivity contribution in [1.82, 2.24) is 19.7 Å². The molecule has 1 aromatic carbocycles. The molecule has 3 heterocycles. The second kappa shape index (κ2) is 7.17. The molecule has 0 bridgehead atoms. The molecule has 9 heteroatoms. The van der Waals surface area contributed by atoms with Crippen LogP contribution >= 0.6 is 0 Å². The minimum Gasteiger partial charge on any atom is -0.495 e. The number of ether oxygens (including phenoxy) is 1. The van der Waals surface area contributed by atoms with Crippen molar-refractivity contribution in [2.45, 2.75) is 12.0 Å². The molecule has 1 fully saturated rings. The van der Waals surface area contributed by atoms with E-state index in [2.05, 4.69) is 21.9 Å². The maximum Gasteiger partial charge on any atom is 0.269 e. The highest BCUT2D eigenvalue weighted by molar-refractivity contribution is 6.03. The van der Waals surface area contributed by atoms with Gasteiger partial charge in [0.25, 0.3) is 11.8 Å². The Morgan fingerprint density at radius 3 is 2.83 bits per heavy atom. The molecule has 30 heavy (non-hydrogen) atoms. The number of aromatic nitrogens is 3. The summed E-state index contributed by atoms with van der Waals surface area (Å²) in [5.41, 5.74) is 5.47. The maximum atomic E-state index is 12.1. The minimum atomic E-state index is -1.68. The van der Waals surface area contributed by atoms with Gasteiger partial charge < -0.3 is 20.5 Å². The summed E-state index contributed by atoms with van der Waals surface area (Å²) >= 11 is 0. The van der Waals surface area contributed by atoms with Crippen molar-refractivity contribution in [2.75, 3.05) is 20.7 Å². The van der Waals surface area contributed by atoms with E-state index in [-0.39, 0.29) is 12.1 Å². The van der Waals surface area contributed by atoms with Crippen LogP contribution in [0.3, 0.4) is 0 Å². The van der Waals surface area contributed by atoms with Crippen LogP contribution in [-0.2, 0) is 4.79 Å². The van der Waals surface area contributed by atoms with E-state index in [1.165, 1.54) is 22.9 Å². The summed E-state index contributed by atoms with van der Waals surface area (Å²) in [6.45, 7) is 0.453. The summed E-state index contributed by atoms with van der Waals surface area (Å²) < 4.78 is 6.66. The Labute approximate surface area is 172 Å². The second-order valence-electron chi connectivity index (χ2n) is 7.01. The van der Waals surface area contributed by atoms with E-state index in [1.807, 2.05) is 0 Å². The number of rotatable bonds is 3. The third-order valence-corrected chi connectivity index (χ3v) is 4.98. The number of primary amides is 1. The summed E-state index contributed by atoms with van der Waals surface area (Å²) in [7, 11) is 3.13. The molecule has 0 spiro atoms. The lowest BCUT2D eigenvalue weighted by Gasteiger charge is -2.13.